The predicted octanol–water partition coefficient (Wildman–Crippen LogP) is 3.86. The van der Waals surface area contributed by atoms with Gasteiger partial charge in [0, 0.05) is 0 Å². The minimum absolute atomic E-state index is 0.195. The fourth-order valence-electron chi connectivity index (χ4n) is 2.24. The van der Waals surface area contributed by atoms with E-state index in [0.717, 1.165) is 12.8 Å². The zero-order valence-electron chi connectivity index (χ0n) is 10.5. The second kappa shape index (κ2) is 6.20. The average Bonchev–Trinajstić information content (AvgIpc) is 2.29. The van der Waals surface area contributed by atoms with Crippen molar-refractivity contribution in [3.05, 3.63) is 28.0 Å². The highest BCUT2D eigenvalue weighted by Gasteiger charge is 2.25. The Morgan fingerprint density at radius 2 is 1.94 bits per heavy atom. The normalized spacial score (nSPS) is 28.3. The molecule has 1 saturated heterocycles. The predicted molar refractivity (Wildman–Crippen MR) is 72.1 cm³/mol. The summed E-state index contributed by atoms with van der Waals surface area (Å²) in [5.74, 6) is 0. The average molecular weight is 290 g/mol. The smallest absolute Gasteiger partial charge is 0.129 e. The van der Waals surface area contributed by atoms with Crippen LogP contribution >= 0.6 is 23.2 Å². The van der Waals surface area contributed by atoms with Crippen molar-refractivity contribution in [3.8, 4) is 0 Å². The first kappa shape index (κ1) is 14.1. The van der Waals surface area contributed by atoms with Gasteiger partial charge >= 0.3 is 0 Å². The first-order chi connectivity index (χ1) is 8.54. The minimum Gasteiger partial charge on any atom is -0.375 e. The molecule has 0 saturated carbocycles. The molecule has 2 heterocycles. The first-order valence-electron chi connectivity index (χ1n) is 6.12. The van der Waals surface area contributed by atoms with E-state index >= 15 is 0 Å². The third kappa shape index (κ3) is 3.82. The summed E-state index contributed by atoms with van der Waals surface area (Å²) in [6.45, 7) is 4.52. The molecule has 18 heavy (non-hydrogen) atoms. The maximum atomic E-state index is 6.05. The Balaban J connectivity index is 1.92. The highest BCUT2D eigenvalue weighted by atomic mass is 35.5. The van der Waals surface area contributed by atoms with Gasteiger partial charge in [0.05, 0.1) is 35.6 Å². The van der Waals surface area contributed by atoms with Gasteiger partial charge in [-0.15, -0.1) is 0 Å². The van der Waals surface area contributed by atoms with Crippen LogP contribution in [0.15, 0.2) is 12.1 Å². The van der Waals surface area contributed by atoms with Crippen molar-refractivity contribution in [3.63, 3.8) is 0 Å². The van der Waals surface area contributed by atoms with Crippen LogP contribution in [0, 0.1) is 0 Å². The van der Waals surface area contributed by atoms with Crippen LogP contribution in [0.25, 0.3) is 0 Å². The van der Waals surface area contributed by atoms with Crippen LogP contribution in [-0.2, 0) is 16.1 Å². The van der Waals surface area contributed by atoms with Crippen LogP contribution in [0.3, 0.4) is 0 Å². The van der Waals surface area contributed by atoms with Crippen molar-refractivity contribution >= 4 is 23.2 Å². The summed E-state index contributed by atoms with van der Waals surface area (Å²) < 4.78 is 11.5. The lowest BCUT2D eigenvalue weighted by Gasteiger charge is -2.31. The molecule has 0 amide bonds. The lowest BCUT2D eigenvalue weighted by molar-refractivity contribution is -0.106. The van der Waals surface area contributed by atoms with E-state index in [1.54, 1.807) is 12.1 Å². The van der Waals surface area contributed by atoms with Crippen molar-refractivity contribution in [1.29, 1.82) is 0 Å². The van der Waals surface area contributed by atoms with Gasteiger partial charge in [-0.1, -0.05) is 23.2 Å². The van der Waals surface area contributed by atoms with Crippen molar-refractivity contribution < 1.29 is 9.47 Å². The maximum absolute atomic E-state index is 6.05. The number of pyridine rings is 1. The van der Waals surface area contributed by atoms with Gasteiger partial charge < -0.3 is 9.47 Å². The van der Waals surface area contributed by atoms with Crippen LogP contribution in [0.1, 0.15) is 32.4 Å². The molecule has 0 aromatic carbocycles. The molecule has 1 fully saturated rings. The van der Waals surface area contributed by atoms with Crippen molar-refractivity contribution in [2.75, 3.05) is 0 Å². The number of aromatic nitrogens is 1. The zero-order chi connectivity index (χ0) is 13.1. The molecule has 3 nitrogen and oxygen atoms in total. The Morgan fingerprint density at radius 3 is 2.61 bits per heavy atom. The highest BCUT2D eigenvalue weighted by molar-refractivity contribution is 6.32. The number of rotatable bonds is 3. The molecule has 0 aliphatic carbocycles. The lowest BCUT2D eigenvalue weighted by Crippen LogP contribution is -2.34. The summed E-state index contributed by atoms with van der Waals surface area (Å²) in [5, 5.41) is 1.03. The van der Waals surface area contributed by atoms with Crippen molar-refractivity contribution in [2.24, 2.45) is 0 Å². The fourth-order valence-corrected chi connectivity index (χ4v) is 2.56. The van der Waals surface area contributed by atoms with E-state index in [1.807, 2.05) is 0 Å². The number of halogens is 2. The van der Waals surface area contributed by atoms with E-state index < -0.39 is 0 Å². The summed E-state index contributed by atoms with van der Waals surface area (Å²) in [5.41, 5.74) is 0.691. The summed E-state index contributed by atoms with van der Waals surface area (Å²) in [6.07, 6.45) is 2.48. The topological polar surface area (TPSA) is 31.4 Å². The van der Waals surface area contributed by atoms with E-state index in [2.05, 4.69) is 18.8 Å². The van der Waals surface area contributed by atoms with E-state index in [-0.39, 0.29) is 18.3 Å². The first-order valence-corrected chi connectivity index (χ1v) is 6.88. The fraction of sp³-hybridized carbons (Fsp3) is 0.615. The third-order valence-corrected chi connectivity index (χ3v) is 3.55. The molecule has 0 N–H and O–H groups in total. The van der Waals surface area contributed by atoms with E-state index in [9.17, 15) is 0 Å². The molecule has 100 valence electrons. The Hall–Kier alpha value is -0.350. The number of ether oxygens (including phenoxy) is 2. The van der Waals surface area contributed by atoms with Gasteiger partial charge in [0.1, 0.15) is 5.15 Å². The Bertz CT molecular complexity index is 404. The number of nitrogens with zero attached hydrogens (tertiary/aromatic N) is 1. The van der Waals surface area contributed by atoms with Crippen LogP contribution < -0.4 is 0 Å². The summed E-state index contributed by atoms with van der Waals surface area (Å²) in [7, 11) is 0. The number of hydrogen-bond donors (Lipinski definition) is 0. The lowest BCUT2D eigenvalue weighted by atomic mass is 10.0. The van der Waals surface area contributed by atoms with Gasteiger partial charge in [0.25, 0.3) is 0 Å². The maximum Gasteiger partial charge on any atom is 0.129 e. The molecule has 0 radical (unpaired) electrons. The largest absolute Gasteiger partial charge is 0.375 e. The second-order valence-corrected chi connectivity index (χ2v) is 5.52. The zero-order valence-corrected chi connectivity index (χ0v) is 12.0. The van der Waals surface area contributed by atoms with Crippen molar-refractivity contribution in [1.82, 2.24) is 4.98 Å². The van der Waals surface area contributed by atoms with Gasteiger partial charge in [-0.2, -0.15) is 0 Å². The van der Waals surface area contributed by atoms with Gasteiger partial charge in [-0.25, -0.2) is 4.98 Å². The molecule has 1 aliphatic heterocycles. The van der Waals surface area contributed by atoms with Crippen LogP contribution in [0.2, 0.25) is 10.2 Å². The van der Waals surface area contributed by atoms with E-state index in [1.165, 1.54) is 0 Å². The Kier molecular flexibility index (Phi) is 4.84. The van der Waals surface area contributed by atoms with Crippen LogP contribution in [0.4, 0.5) is 0 Å². The SMILES string of the molecule is CC1CC(OCc2nc(Cl)ccc2Cl)CC(C)O1. The molecule has 1 aromatic heterocycles. The minimum atomic E-state index is 0.195. The van der Waals surface area contributed by atoms with E-state index in [4.69, 9.17) is 32.7 Å². The monoisotopic (exact) mass is 289 g/mol. The molecule has 0 bridgehead atoms. The molecular weight excluding hydrogens is 273 g/mol. The summed E-state index contributed by atoms with van der Waals surface area (Å²) >= 11 is 11.9. The van der Waals surface area contributed by atoms with Crippen LogP contribution in [-0.4, -0.2) is 23.3 Å². The summed E-state index contributed by atoms with van der Waals surface area (Å²) in [4.78, 5) is 4.17. The van der Waals surface area contributed by atoms with E-state index in [0.29, 0.717) is 22.5 Å². The van der Waals surface area contributed by atoms with Gasteiger partial charge in [-0.05, 0) is 38.8 Å². The molecule has 2 rings (SSSR count). The molecule has 2 unspecified atom stereocenters. The highest BCUT2D eigenvalue weighted by Crippen LogP contribution is 2.24. The molecule has 1 aliphatic rings. The van der Waals surface area contributed by atoms with Gasteiger partial charge in [0.15, 0.2) is 0 Å². The quantitative estimate of drug-likeness (QED) is 0.792. The summed E-state index contributed by atoms with van der Waals surface area (Å²) in [6, 6.07) is 3.41. The van der Waals surface area contributed by atoms with Gasteiger partial charge in [-0.3, -0.25) is 0 Å². The standard InChI is InChI=1S/C13H17Cl2NO2/c1-8-5-10(6-9(2)18-8)17-7-12-11(14)3-4-13(15)16-12/h3-4,8-10H,5-7H2,1-2H3. The van der Waals surface area contributed by atoms with Crippen LogP contribution in [0.5, 0.6) is 0 Å². The van der Waals surface area contributed by atoms with Crippen molar-refractivity contribution in [2.45, 2.75) is 51.6 Å². The molecule has 1 aromatic rings. The molecule has 0 spiro atoms. The molecule has 5 heteroatoms. The molecular formula is C13H17Cl2NO2. The Morgan fingerprint density at radius 1 is 1.28 bits per heavy atom. The third-order valence-electron chi connectivity index (χ3n) is 2.99. The number of hydrogen-bond acceptors (Lipinski definition) is 3. The second-order valence-electron chi connectivity index (χ2n) is 4.72. The Labute approximate surface area is 117 Å². The van der Waals surface area contributed by atoms with Gasteiger partial charge in [0.2, 0.25) is 0 Å². The molecule has 2 atom stereocenters.